The van der Waals surface area contributed by atoms with E-state index in [2.05, 4.69) is 16.4 Å². The molecule has 0 saturated heterocycles. The number of carbonyl (C=O) groups is 1. The van der Waals surface area contributed by atoms with Crippen LogP contribution in [0.4, 0.5) is 0 Å². The van der Waals surface area contributed by atoms with Crippen molar-refractivity contribution in [3.63, 3.8) is 0 Å². The molecule has 5 aromatic rings. The van der Waals surface area contributed by atoms with Gasteiger partial charge < -0.3 is 20.0 Å². The minimum atomic E-state index is -1.18. The maximum absolute atomic E-state index is 11.0. The van der Waals surface area contributed by atoms with Gasteiger partial charge in [-0.1, -0.05) is 60.7 Å². The molecule has 2 aromatic heterocycles. The molecule has 1 atom stereocenters. The number of rotatable bonds is 10. The summed E-state index contributed by atoms with van der Waals surface area (Å²) < 4.78 is 5.90. The molecular formula is C30H24N3NaO3S. The van der Waals surface area contributed by atoms with Crippen LogP contribution < -0.4 is 44.7 Å². The van der Waals surface area contributed by atoms with Crippen LogP contribution in [-0.2, 0) is 13.2 Å². The molecule has 0 fully saturated rings. The molecule has 184 valence electrons. The van der Waals surface area contributed by atoms with Gasteiger partial charge in [0.05, 0.1) is 17.7 Å². The summed E-state index contributed by atoms with van der Waals surface area (Å²) in [5, 5.41) is 16.6. The Labute approximate surface area is 247 Å². The van der Waals surface area contributed by atoms with Gasteiger partial charge in [-0.05, 0) is 58.5 Å². The number of nitrogens with one attached hydrogen (secondary N) is 1. The standard InChI is InChI=1S/C30H25N3O3S.Na/c34-30(35)24-10-8-21(9-11-24)19-32-28(27-7-4-18-37-27)26-16-17-31-29(33-26)23-12-14-25(15-13-23)36-20-22-5-2-1-3-6-22;/h1-18,28,32H,19-20H2,(H,34,35);/q;+1/p-1. The van der Waals surface area contributed by atoms with Crippen LogP contribution in [0.25, 0.3) is 11.4 Å². The Morgan fingerprint density at radius 3 is 2.34 bits per heavy atom. The van der Waals surface area contributed by atoms with Gasteiger partial charge in [-0.2, -0.15) is 0 Å². The van der Waals surface area contributed by atoms with Crippen LogP contribution in [0.5, 0.6) is 5.75 Å². The summed E-state index contributed by atoms with van der Waals surface area (Å²) in [4.78, 5) is 21.5. The molecule has 2 heterocycles. The van der Waals surface area contributed by atoms with Crippen molar-refractivity contribution in [3.8, 4) is 17.1 Å². The smallest absolute Gasteiger partial charge is 0.545 e. The first-order chi connectivity index (χ1) is 18.2. The summed E-state index contributed by atoms with van der Waals surface area (Å²) in [5.41, 5.74) is 3.99. The molecule has 0 spiro atoms. The molecule has 0 radical (unpaired) electrons. The molecule has 5 rings (SSSR count). The summed E-state index contributed by atoms with van der Waals surface area (Å²) in [6.07, 6.45) is 1.77. The second-order valence-corrected chi connectivity index (χ2v) is 9.40. The van der Waals surface area contributed by atoms with E-state index in [4.69, 9.17) is 9.72 Å². The van der Waals surface area contributed by atoms with E-state index in [1.54, 1.807) is 41.8 Å². The number of carboxylic acids is 1. The molecule has 0 aliphatic rings. The van der Waals surface area contributed by atoms with E-state index in [0.29, 0.717) is 19.0 Å². The Morgan fingerprint density at radius 2 is 1.66 bits per heavy atom. The van der Waals surface area contributed by atoms with Crippen molar-refractivity contribution < 1.29 is 44.2 Å². The van der Waals surface area contributed by atoms with Crippen molar-refractivity contribution in [2.24, 2.45) is 0 Å². The Kier molecular flexibility index (Phi) is 9.81. The molecular weight excluding hydrogens is 505 g/mol. The molecule has 1 unspecified atom stereocenters. The molecule has 3 aromatic carbocycles. The fourth-order valence-corrected chi connectivity index (χ4v) is 4.71. The Morgan fingerprint density at radius 1 is 0.895 bits per heavy atom. The first-order valence-corrected chi connectivity index (χ1v) is 12.7. The second-order valence-electron chi connectivity index (χ2n) is 8.42. The zero-order chi connectivity index (χ0) is 25.5. The zero-order valence-corrected chi connectivity index (χ0v) is 23.7. The fourth-order valence-electron chi connectivity index (χ4n) is 3.90. The van der Waals surface area contributed by atoms with E-state index < -0.39 is 5.97 Å². The molecule has 1 N–H and O–H groups in total. The molecule has 0 bridgehead atoms. The number of thiophene rings is 1. The monoisotopic (exact) mass is 529 g/mol. The number of nitrogens with zero attached hydrogens (tertiary/aromatic N) is 2. The maximum atomic E-state index is 11.0. The van der Waals surface area contributed by atoms with Crippen molar-refractivity contribution in [2.75, 3.05) is 0 Å². The van der Waals surface area contributed by atoms with E-state index >= 15 is 0 Å². The van der Waals surface area contributed by atoms with Crippen molar-refractivity contribution in [3.05, 3.63) is 136 Å². The van der Waals surface area contributed by atoms with Gasteiger partial charge in [0, 0.05) is 23.2 Å². The number of hydrogen-bond donors (Lipinski definition) is 1. The molecule has 0 saturated carbocycles. The van der Waals surface area contributed by atoms with Crippen molar-refractivity contribution in [1.29, 1.82) is 0 Å². The molecule has 8 heteroatoms. The third-order valence-electron chi connectivity index (χ3n) is 5.86. The van der Waals surface area contributed by atoms with Gasteiger partial charge in [-0.25, -0.2) is 9.97 Å². The number of hydrogen-bond acceptors (Lipinski definition) is 7. The van der Waals surface area contributed by atoms with E-state index in [1.165, 1.54) is 0 Å². The average Bonchev–Trinajstić information content (AvgIpc) is 3.48. The number of carboxylic acid groups (broad SMARTS) is 1. The van der Waals surface area contributed by atoms with Crippen LogP contribution >= 0.6 is 11.3 Å². The van der Waals surface area contributed by atoms with Gasteiger partial charge in [-0.15, -0.1) is 11.3 Å². The minimum absolute atomic E-state index is 0. The zero-order valence-electron chi connectivity index (χ0n) is 20.9. The average molecular weight is 530 g/mol. The van der Waals surface area contributed by atoms with E-state index in [-0.39, 0.29) is 41.2 Å². The van der Waals surface area contributed by atoms with E-state index in [9.17, 15) is 9.90 Å². The van der Waals surface area contributed by atoms with Gasteiger partial charge in [-0.3, -0.25) is 0 Å². The van der Waals surface area contributed by atoms with Crippen LogP contribution in [0.2, 0.25) is 0 Å². The predicted octanol–water partition coefficient (Wildman–Crippen LogP) is 2.03. The molecule has 38 heavy (non-hydrogen) atoms. The molecule has 0 aliphatic heterocycles. The molecule has 6 nitrogen and oxygen atoms in total. The van der Waals surface area contributed by atoms with Gasteiger partial charge in [0.2, 0.25) is 0 Å². The third-order valence-corrected chi connectivity index (χ3v) is 6.80. The van der Waals surface area contributed by atoms with Gasteiger partial charge >= 0.3 is 29.6 Å². The Hall–Kier alpha value is -3.33. The van der Waals surface area contributed by atoms with Crippen LogP contribution in [0, 0.1) is 0 Å². The normalized spacial score (nSPS) is 11.4. The summed E-state index contributed by atoms with van der Waals surface area (Å²) >= 11 is 1.65. The first-order valence-electron chi connectivity index (χ1n) is 11.8. The minimum Gasteiger partial charge on any atom is -0.545 e. The molecule has 0 aliphatic carbocycles. The van der Waals surface area contributed by atoms with Crippen molar-refractivity contribution >= 4 is 17.3 Å². The molecule has 0 amide bonds. The van der Waals surface area contributed by atoms with E-state index in [0.717, 1.165) is 33.0 Å². The SMILES string of the molecule is O=C([O-])c1ccc(CNC(c2ccnc(-c3ccc(OCc4ccccc4)cc3)n2)c2cccs2)cc1.[Na+]. The van der Waals surface area contributed by atoms with Gasteiger partial charge in [0.25, 0.3) is 0 Å². The number of ether oxygens (including phenoxy) is 1. The summed E-state index contributed by atoms with van der Waals surface area (Å²) in [6.45, 7) is 1.05. The van der Waals surface area contributed by atoms with Gasteiger partial charge in [0.15, 0.2) is 5.82 Å². The van der Waals surface area contributed by atoms with Crippen LogP contribution in [0.1, 0.15) is 38.1 Å². The largest absolute Gasteiger partial charge is 1.00 e. The maximum Gasteiger partial charge on any atom is 1.00 e. The number of aromatic nitrogens is 2. The fraction of sp³-hybridized carbons (Fsp3) is 0.100. The Bertz CT molecular complexity index is 1440. The van der Waals surface area contributed by atoms with Crippen LogP contribution in [-0.4, -0.2) is 15.9 Å². The van der Waals surface area contributed by atoms with Crippen LogP contribution in [0.15, 0.2) is 109 Å². The number of benzene rings is 3. The van der Waals surface area contributed by atoms with Crippen LogP contribution in [0.3, 0.4) is 0 Å². The quantitative estimate of drug-likeness (QED) is 0.279. The van der Waals surface area contributed by atoms with E-state index in [1.807, 2.05) is 72.1 Å². The number of aromatic carboxylic acids is 1. The second kappa shape index (κ2) is 13.5. The summed E-state index contributed by atoms with van der Waals surface area (Å²) in [7, 11) is 0. The number of carbonyl (C=O) groups excluding carboxylic acids is 1. The van der Waals surface area contributed by atoms with Gasteiger partial charge in [0.1, 0.15) is 12.4 Å². The predicted molar refractivity (Wildman–Crippen MR) is 142 cm³/mol. The third kappa shape index (κ3) is 7.16. The topological polar surface area (TPSA) is 87.2 Å². The summed E-state index contributed by atoms with van der Waals surface area (Å²) in [5.74, 6) is 0.237. The summed E-state index contributed by atoms with van der Waals surface area (Å²) in [6, 6.07) is 30.4. The first kappa shape index (κ1) is 27.7. The Balaban J connectivity index is 0.00000336. The van der Waals surface area contributed by atoms with Crippen molar-refractivity contribution in [1.82, 2.24) is 15.3 Å². The van der Waals surface area contributed by atoms with Crippen molar-refractivity contribution in [2.45, 2.75) is 19.2 Å².